The Kier molecular flexibility index (Phi) is 3.79. The molecule has 80 valence electrons. The van der Waals surface area contributed by atoms with Crippen molar-refractivity contribution < 1.29 is 19.1 Å². The van der Waals surface area contributed by atoms with Crippen molar-refractivity contribution in [3.05, 3.63) is 35.6 Å². The van der Waals surface area contributed by atoms with Gasteiger partial charge in [-0.3, -0.25) is 9.59 Å². The third kappa shape index (κ3) is 3.38. The summed E-state index contributed by atoms with van der Waals surface area (Å²) in [6, 6.07) is 4.78. The van der Waals surface area contributed by atoms with Crippen LogP contribution in [0.5, 0.6) is 0 Å². The molecule has 0 heterocycles. The van der Waals surface area contributed by atoms with Crippen LogP contribution in [0.2, 0.25) is 0 Å². The Hall–Kier alpha value is -1.91. The number of halogens is 1. The molecule has 0 aromatic heterocycles. The maximum Gasteiger partial charge on any atom is 0.305 e. The molecule has 0 unspecified atom stereocenters. The van der Waals surface area contributed by atoms with Crippen molar-refractivity contribution in [2.75, 3.05) is 0 Å². The van der Waals surface area contributed by atoms with Crippen molar-refractivity contribution in [3.8, 4) is 0 Å². The van der Waals surface area contributed by atoms with E-state index in [0.29, 0.717) is 12.0 Å². The fourth-order valence-corrected chi connectivity index (χ4v) is 1.25. The van der Waals surface area contributed by atoms with Gasteiger partial charge in [-0.2, -0.15) is 0 Å². The minimum absolute atomic E-state index is 0.276. The highest BCUT2D eigenvalue weighted by Crippen LogP contribution is 2.17. The van der Waals surface area contributed by atoms with E-state index < -0.39 is 17.8 Å². The molecule has 5 heteroatoms. The smallest absolute Gasteiger partial charge is 0.305 e. The van der Waals surface area contributed by atoms with Crippen molar-refractivity contribution in [1.29, 1.82) is 0 Å². The molecule has 1 amide bonds. The second-order valence-corrected chi connectivity index (χ2v) is 2.99. The molecule has 0 radical (unpaired) electrons. The monoisotopic (exact) mass is 211 g/mol. The van der Waals surface area contributed by atoms with E-state index in [-0.39, 0.29) is 6.42 Å². The third-order valence-corrected chi connectivity index (χ3v) is 1.90. The predicted molar refractivity (Wildman–Crippen MR) is 50.6 cm³/mol. The summed E-state index contributed by atoms with van der Waals surface area (Å²) < 4.78 is 12.8. The number of hydrogen-bond acceptors (Lipinski definition) is 2. The van der Waals surface area contributed by atoms with Crippen LogP contribution >= 0.6 is 0 Å². The number of hydrogen-bond donors (Lipinski definition) is 2. The number of benzene rings is 1. The molecule has 1 rings (SSSR count). The number of rotatable bonds is 5. The van der Waals surface area contributed by atoms with Crippen LogP contribution in [0.15, 0.2) is 24.3 Å². The van der Waals surface area contributed by atoms with Crippen molar-refractivity contribution >= 4 is 12.4 Å². The molecule has 0 fully saturated rings. The zero-order valence-corrected chi connectivity index (χ0v) is 7.81. The van der Waals surface area contributed by atoms with Gasteiger partial charge in [-0.25, -0.2) is 4.39 Å². The van der Waals surface area contributed by atoms with E-state index in [4.69, 9.17) is 5.11 Å². The molecular weight excluding hydrogens is 201 g/mol. The summed E-state index contributed by atoms with van der Waals surface area (Å²) in [6.45, 7) is 0. The van der Waals surface area contributed by atoms with E-state index >= 15 is 0 Å². The molecule has 15 heavy (non-hydrogen) atoms. The first-order chi connectivity index (χ1) is 7.13. The van der Waals surface area contributed by atoms with Crippen molar-refractivity contribution in [1.82, 2.24) is 5.32 Å². The van der Waals surface area contributed by atoms with Gasteiger partial charge in [-0.15, -0.1) is 0 Å². The number of carboxylic acid groups (broad SMARTS) is 1. The van der Waals surface area contributed by atoms with Gasteiger partial charge in [0, 0.05) is 0 Å². The van der Waals surface area contributed by atoms with Gasteiger partial charge in [-0.05, 0) is 17.7 Å². The highest BCUT2D eigenvalue weighted by Gasteiger charge is 2.14. The molecule has 0 aliphatic carbocycles. The van der Waals surface area contributed by atoms with E-state index in [2.05, 4.69) is 5.32 Å². The first-order valence-electron chi connectivity index (χ1n) is 4.30. The lowest BCUT2D eigenvalue weighted by Crippen LogP contribution is -2.22. The van der Waals surface area contributed by atoms with E-state index in [1.54, 1.807) is 6.07 Å². The summed E-state index contributed by atoms with van der Waals surface area (Å²) >= 11 is 0. The van der Waals surface area contributed by atoms with Crippen molar-refractivity contribution in [2.24, 2.45) is 0 Å². The zero-order valence-electron chi connectivity index (χ0n) is 7.81. The van der Waals surface area contributed by atoms with Crippen LogP contribution in [0, 0.1) is 5.82 Å². The van der Waals surface area contributed by atoms with Crippen LogP contribution < -0.4 is 5.32 Å². The van der Waals surface area contributed by atoms with Gasteiger partial charge in [0.1, 0.15) is 5.82 Å². The molecule has 0 saturated carbocycles. The SMILES string of the molecule is O=CN[C@@H](CC(=O)O)c1cccc(F)c1. The molecule has 1 aromatic rings. The van der Waals surface area contributed by atoms with Gasteiger partial charge < -0.3 is 10.4 Å². The van der Waals surface area contributed by atoms with Gasteiger partial charge in [-0.1, -0.05) is 12.1 Å². The van der Waals surface area contributed by atoms with Gasteiger partial charge in [0.15, 0.2) is 0 Å². The molecule has 4 nitrogen and oxygen atoms in total. The first kappa shape index (κ1) is 11.2. The summed E-state index contributed by atoms with van der Waals surface area (Å²) in [6.07, 6.45) is 0.126. The van der Waals surface area contributed by atoms with Crippen LogP contribution in [-0.2, 0) is 9.59 Å². The van der Waals surface area contributed by atoms with Crippen LogP contribution in [-0.4, -0.2) is 17.5 Å². The number of nitrogens with one attached hydrogen (secondary N) is 1. The summed E-state index contributed by atoms with van der Waals surface area (Å²) in [5, 5.41) is 10.9. The molecule has 0 aliphatic rings. The lowest BCUT2D eigenvalue weighted by atomic mass is 10.0. The molecule has 0 aliphatic heterocycles. The zero-order chi connectivity index (χ0) is 11.3. The highest BCUT2D eigenvalue weighted by molar-refractivity contribution is 5.68. The van der Waals surface area contributed by atoms with Crippen LogP contribution in [0.4, 0.5) is 4.39 Å². The standard InChI is InChI=1S/C10H10FNO3/c11-8-3-1-2-7(4-8)9(12-6-13)5-10(14)15/h1-4,6,9H,5H2,(H,12,13)(H,14,15)/t9-/m0/s1. The van der Waals surface area contributed by atoms with E-state index in [1.165, 1.54) is 18.2 Å². The van der Waals surface area contributed by atoms with Crippen molar-refractivity contribution in [3.63, 3.8) is 0 Å². The second-order valence-electron chi connectivity index (χ2n) is 2.99. The number of aliphatic carboxylic acids is 1. The molecule has 0 spiro atoms. The molecule has 0 bridgehead atoms. The van der Waals surface area contributed by atoms with Gasteiger partial charge >= 0.3 is 5.97 Å². The van der Waals surface area contributed by atoms with Crippen molar-refractivity contribution in [2.45, 2.75) is 12.5 Å². The summed E-state index contributed by atoms with van der Waals surface area (Å²) in [5.41, 5.74) is 0.435. The first-order valence-corrected chi connectivity index (χ1v) is 4.30. The van der Waals surface area contributed by atoms with Gasteiger partial charge in [0.05, 0.1) is 12.5 Å². The summed E-state index contributed by atoms with van der Waals surface area (Å²) in [4.78, 5) is 20.8. The molecular formula is C10H10FNO3. The fraction of sp³-hybridized carbons (Fsp3) is 0.200. The Balaban J connectivity index is 2.87. The average molecular weight is 211 g/mol. The molecule has 1 atom stereocenters. The highest BCUT2D eigenvalue weighted by atomic mass is 19.1. The van der Waals surface area contributed by atoms with Gasteiger partial charge in [0.2, 0.25) is 6.41 Å². The number of amides is 1. The average Bonchev–Trinajstić information content (AvgIpc) is 2.16. The largest absolute Gasteiger partial charge is 0.481 e. The lowest BCUT2D eigenvalue weighted by Gasteiger charge is -2.13. The normalized spacial score (nSPS) is 11.8. The summed E-state index contributed by atoms with van der Waals surface area (Å²) in [7, 11) is 0. The van der Waals surface area contributed by atoms with E-state index in [9.17, 15) is 14.0 Å². The third-order valence-electron chi connectivity index (χ3n) is 1.90. The Bertz CT molecular complexity index is 367. The second kappa shape index (κ2) is 5.09. The lowest BCUT2D eigenvalue weighted by molar-refractivity contribution is -0.137. The van der Waals surface area contributed by atoms with E-state index in [0.717, 1.165) is 0 Å². The number of carboxylic acids is 1. The molecule has 1 aromatic carbocycles. The van der Waals surface area contributed by atoms with Crippen LogP contribution in [0.1, 0.15) is 18.0 Å². The maximum absolute atomic E-state index is 12.8. The van der Waals surface area contributed by atoms with Crippen LogP contribution in [0.25, 0.3) is 0 Å². The minimum Gasteiger partial charge on any atom is -0.481 e. The molecule has 2 N–H and O–H groups in total. The minimum atomic E-state index is -1.06. The number of carbonyl (C=O) groups is 2. The molecule has 0 saturated heterocycles. The number of carbonyl (C=O) groups excluding carboxylic acids is 1. The Morgan fingerprint density at radius 1 is 1.60 bits per heavy atom. The van der Waals surface area contributed by atoms with Crippen LogP contribution in [0.3, 0.4) is 0 Å². The maximum atomic E-state index is 12.8. The Labute approximate surface area is 85.7 Å². The van der Waals surface area contributed by atoms with Gasteiger partial charge in [0.25, 0.3) is 0 Å². The quantitative estimate of drug-likeness (QED) is 0.716. The Morgan fingerprint density at radius 3 is 2.87 bits per heavy atom. The Morgan fingerprint density at radius 2 is 2.33 bits per heavy atom. The predicted octanol–water partition coefficient (Wildman–Crippen LogP) is 1.09. The topological polar surface area (TPSA) is 66.4 Å². The van der Waals surface area contributed by atoms with E-state index in [1.807, 2.05) is 0 Å². The summed E-state index contributed by atoms with van der Waals surface area (Å²) in [5.74, 6) is -1.52. The fourth-order valence-electron chi connectivity index (χ4n) is 1.25.